The Morgan fingerprint density at radius 3 is 2.44 bits per heavy atom. The highest BCUT2D eigenvalue weighted by molar-refractivity contribution is 5.54. The van der Waals surface area contributed by atoms with Crippen LogP contribution in [0, 0.1) is 5.41 Å². The van der Waals surface area contributed by atoms with Crippen LogP contribution in [0.5, 0.6) is 0 Å². The Morgan fingerprint density at radius 1 is 1.12 bits per heavy atom. The molecule has 0 radical (unpaired) electrons. The van der Waals surface area contributed by atoms with Crippen LogP contribution >= 0.6 is 0 Å². The van der Waals surface area contributed by atoms with Crippen molar-refractivity contribution in [3.8, 4) is 0 Å². The van der Waals surface area contributed by atoms with Gasteiger partial charge in [0, 0.05) is 50.7 Å². The minimum Gasteiger partial charge on any atom is -0.396 e. The van der Waals surface area contributed by atoms with Crippen LogP contribution in [0.15, 0.2) is 6.07 Å². The molecule has 2 aliphatic heterocycles. The van der Waals surface area contributed by atoms with E-state index in [0.717, 1.165) is 76.6 Å². The van der Waals surface area contributed by atoms with E-state index in [-0.39, 0.29) is 12.0 Å². The number of hydrogen-bond acceptors (Lipinski definition) is 7. The smallest absolute Gasteiger partial charge is 0.223 e. The molecule has 0 saturated carbocycles. The van der Waals surface area contributed by atoms with Gasteiger partial charge in [-0.1, -0.05) is 13.3 Å². The van der Waals surface area contributed by atoms with E-state index in [2.05, 4.69) is 44.7 Å². The summed E-state index contributed by atoms with van der Waals surface area (Å²) in [6.07, 6.45) is 4.30. The average Bonchev–Trinajstić information content (AvgIpc) is 2.62. The summed E-state index contributed by atoms with van der Waals surface area (Å²) >= 11 is 0. The minimum atomic E-state index is -0.0132. The topological polar surface area (TPSA) is 81.8 Å². The van der Waals surface area contributed by atoms with Crippen molar-refractivity contribution in [2.24, 2.45) is 5.41 Å². The van der Waals surface area contributed by atoms with Gasteiger partial charge in [-0.15, -0.1) is 0 Å². The Balaban J connectivity index is 1.79. The molecule has 3 N–H and O–H groups in total. The van der Waals surface area contributed by atoms with Gasteiger partial charge in [-0.2, -0.15) is 9.97 Å². The molecule has 7 heteroatoms. The summed E-state index contributed by atoms with van der Waals surface area (Å²) in [6, 6.07) is 2.07. The van der Waals surface area contributed by atoms with Gasteiger partial charge >= 0.3 is 0 Å². The number of nitrogens with two attached hydrogens (primary N) is 1. The number of nitrogens with zero attached hydrogens (tertiary/aromatic N) is 5. The zero-order valence-corrected chi connectivity index (χ0v) is 15.6. The first-order valence-corrected chi connectivity index (χ1v) is 9.49. The maximum absolute atomic E-state index is 9.98. The van der Waals surface area contributed by atoms with E-state index in [9.17, 15) is 5.11 Å². The summed E-state index contributed by atoms with van der Waals surface area (Å²) in [6.45, 7) is 8.22. The fraction of sp³-hybridized carbons (Fsp3) is 0.778. The van der Waals surface area contributed by atoms with Gasteiger partial charge < -0.3 is 25.5 Å². The molecular formula is C18H32N6O. The van der Waals surface area contributed by atoms with Gasteiger partial charge in [0.15, 0.2) is 0 Å². The third-order valence-corrected chi connectivity index (χ3v) is 5.64. The Bertz CT molecular complexity index is 571. The van der Waals surface area contributed by atoms with Gasteiger partial charge in [0.1, 0.15) is 11.6 Å². The normalized spacial score (nSPS) is 25.4. The van der Waals surface area contributed by atoms with Crippen molar-refractivity contribution in [2.45, 2.75) is 32.6 Å². The van der Waals surface area contributed by atoms with Crippen molar-refractivity contribution in [1.29, 1.82) is 0 Å². The number of rotatable bonds is 5. The van der Waals surface area contributed by atoms with E-state index in [0.29, 0.717) is 5.95 Å². The van der Waals surface area contributed by atoms with Gasteiger partial charge in [-0.05, 0) is 26.3 Å². The van der Waals surface area contributed by atoms with E-state index in [1.807, 2.05) is 0 Å². The van der Waals surface area contributed by atoms with Crippen LogP contribution in [0.4, 0.5) is 17.6 Å². The number of nitrogen functional groups attached to an aromatic ring is 1. The predicted octanol–water partition coefficient (Wildman–Crippen LogP) is 1.19. The average molecular weight is 348 g/mol. The highest BCUT2D eigenvalue weighted by atomic mass is 16.3. The number of aromatic nitrogens is 2. The standard InChI is InChI=1S/C18H32N6O/c1-3-5-18(14-25)6-4-7-24(13-18)16-12-15(20-17(19)21-16)23-10-8-22(2)9-11-23/h12,25H,3-11,13-14H2,1-2H3,(H2,19,20,21). The fourth-order valence-electron chi connectivity index (χ4n) is 4.15. The number of piperazine rings is 1. The molecule has 1 aromatic heterocycles. The highest BCUT2D eigenvalue weighted by Crippen LogP contribution is 2.36. The number of aliphatic hydroxyl groups excluding tert-OH is 1. The van der Waals surface area contributed by atoms with E-state index in [1.54, 1.807) is 0 Å². The molecule has 7 nitrogen and oxygen atoms in total. The first kappa shape index (κ1) is 18.2. The summed E-state index contributed by atoms with van der Waals surface area (Å²) in [4.78, 5) is 15.9. The highest BCUT2D eigenvalue weighted by Gasteiger charge is 2.35. The van der Waals surface area contributed by atoms with Crippen LogP contribution in [-0.2, 0) is 0 Å². The lowest BCUT2D eigenvalue weighted by Crippen LogP contribution is -2.46. The summed E-state index contributed by atoms with van der Waals surface area (Å²) in [5.74, 6) is 2.16. The van der Waals surface area contributed by atoms with E-state index < -0.39 is 0 Å². The van der Waals surface area contributed by atoms with Gasteiger partial charge in [0.05, 0.1) is 6.61 Å². The zero-order valence-electron chi connectivity index (χ0n) is 15.6. The molecule has 0 aromatic carbocycles. The van der Waals surface area contributed by atoms with Gasteiger partial charge in [-0.3, -0.25) is 0 Å². The molecule has 1 unspecified atom stereocenters. The maximum atomic E-state index is 9.98. The lowest BCUT2D eigenvalue weighted by atomic mass is 9.77. The van der Waals surface area contributed by atoms with Crippen molar-refractivity contribution in [1.82, 2.24) is 14.9 Å². The molecule has 0 bridgehead atoms. The zero-order chi connectivity index (χ0) is 17.9. The summed E-state index contributed by atoms with van der Waals surface area (Å²) in [5.41, 5.74) is 6.01. The Hall–Kier alpha value is -1.60. The number of piperidine rings is 1. The molecule has 1 aromatic rings. The maximum Gasteiger partial charge on any atom is 0.223 e. The summed E-state index contributed by atoms with van der Waals surface area (Å²) in [7, 11) is 2.15. The van der Waals surface area contributed by atoms with Crippen molar-refractivity contribution in [2.75, 3.05) is 68.5 Å². The van der Waals surface area contributed by atoms with Gasteiger partial charge in [0.25, 0.3) is 0 Å². The van der Waals surface area contributed by atoms with Crippen molar-refractivity contribution >= 4 is 17.6 Å². The van der Waals surface area contributed by atoms with E-state index in [4.69, 9.17) is 5.73 Å². The number of hydrogen-bond donors (Lipinski definition) is 2. The van der Waals surface area contributed by atoms with Crippen LogP contribution < -0.4 is 15.5 Å². The Morgan fingerprint density at radius 2 is 1.80 bits per heavy atom. The molecule has 2 fully saturated rings. The second-order valence-corrected chi connectivity index (χ2v) is 7.67. The predicted molar refractivity (Wildman–Crippen MR) is 102 cm³/mol. The van der Waals surface area contributed by atoms with Crippen molar-refractivity contribution < 1.29 is 5.11 Å². The SMILES string of the molecule is CCCC1(CO)CCCN(c2cc(N3CCN(C)CC3)nc(N)n2)C1. The summed E-state index contributed by atoms with van der Waals surface area (Å²) < 4.78 is 0. The molecule has 0 amide bonds. The Kier molecular flexibility index (Phi) is 5.64. The molecule has 0 aliphatic carbocycles. The van der Waals surface area contributed by atoms with Crippen molar-refractivity contribution in [3.63, 3.8) is 0 Å². The lowest BCUT2D eigenvalue weighted by molar-refractivity contribution is 0.0952. The third-order valence-electron chi connectivity index (χ3n) is 5.64. The first-order chi connectivity index (χ1) is 12.0. The molecule has 3 heterocycles. The van der Waals surface area contributed by atoms with Crippen LogP contribution in [0.2, 0.25) is 0 Å². The number of anilines is 3. The quantitative estimate of drug-likeness (QED) is 0.827. The fourth-order valence-corrected chi connectivity index (χ4v) is 4.15. The second kappa shape index (κ2) is 7.74. The molecule has 140 valence electrons. The number of aliphatic hydroxyl groups is 1. The molecule has 1 atom stereocenters. The van der Waals surface area contributed by atoms with Crippen LogP contribution in [0.3, 0.4) is 0 Å². The molecule has 2 aliphatic rings. The lowest BCUT2D eigenvalue weighted by Gasteiger charge is -2.42. The molecule has 2 saturated heterocycles. The van der Waals surface area contributed by atoms with E-state index in [1.165, 1.54) is 0 Å². The van der Waals surface area contributed by atoms with Crippen LogP contribution in [-0.4, -0.2) is 72.9 Å². The largest absolute Gasteiger partial charge is 0.396 e. The number of likely N-dealkylation sites (N-methyl/N-ethyl adjacent to an activating group) is 1. The van der Waals surface area contributed by atoms with Gasteiger partial charge in [-0.25, -0.2) is 0 Å². The minimum absolute atomic E-state index is 0.0132. The van der Waals surface area contributed by atoms with Gasteiger partial charge in [0.2, 0.25) is 5.95 Å². The van der Waals surface area contributed by atoms with Crippen LogP contribution in [0.1, 0.15) is 32.6 Å². The van der Waals surface area contributed by atoms with E-state index >= 15 is 0 Å². The molecule has 0 spiro atoms. The molecular weight excluding hydrogens is 316 g/mol. The molecule has 25 heavy (non-hydrogen) atoms. The first-order valence-electron chi connectivity index (χ1n) is 9.49. The van der Waals surface area contributed by atoms with Crippen molar-refractivity contribution in [3.05, 3.63) is 6.07 Å². The molecule has 3 rings (SSSR count). The third kappa shape index (κ3) is 4.15. The van der Waals surface area contributed by atoms with Crippen LogP contribution in [0.25, 0.3) is 0 Å². The summed E-state index contributed by atoms with van der Waals surface area (Å²) in [5, 5.41) is 9.98. The monoisotopic (exact) mass is 348 g/mol. The second-order valence-electron chi connectivity index (χ2n) is 7.67. The Labute approximate surface area is 150 Å².